The maximum atomic E-state index is 15.3. The molecule has 164 valence electrons. The molecule has 0 aliphatic carbocycles. The molecule has 1 aromatic carbocycles. The summed E-state index contributed by atoms with van der Waals surface area (Å²) in [5.74, 6) is -2.16. The van der Waals surface area contributed by atoms with E-state index < -0.39 is 23.3 Å². The molecule has 2 heterocycles. The number of hydrogen-bond acceptors (Lipinski definition) is 7. The molecule has 3 rings (SSSR count). The Morgan fingerprint density at radius 3 is 2.68 bits per heavy atom. The standard InChI is InChI=1S/C21H25FN6O3/c1-13-6-16(17(22)7-18(13)25-5-4-19(29)30)21(31,9-28-12-24-11-27-28)15(3)20-14(2)8-23-10-26-20/h6-8,10-12,15,25,31H,4-5,9H2,1-3H3,(H,29,30)/t15-,21+/m0/s1. The molecule has 2 atom stereocenters. The molecule has 0 aliphatic rings. The fourth-order valence-corrected chi connectivity index (χ4v) is 3.61. The van der Waals surface area contributed by atoms with E-state index in [-0.39, 0.29) is 25.1 Å². The second-order valence-corrected chi connectivity index (χ2v) is 7.55. The summed E-state index contributed by atoms with van der Waals surface area (Å²) in [6, 6.07) is 2.85. The van der Waals surface area contributed by atoms with Gasteiger partial charge in [-0.15, -0.1) is 0 Å². The van der Waals surface area contributed by atoms with Crippen molar-refractivity contribution in [3.05, 3.63) is 65.5 Å². The van der Waals surface area contributed by atoms with E-state index in [1.807, 2.05) is 6.92 Å². The zero-order valence-electron chi connectivity index (χ0n) is 17.6. The van der Waals surface area contributed by atoms with Crippen LogP contribution in [0.1, 0.15) is 41.6 Å². The Kier molecular flexibility index (Phi) is 6.59. The second kappa shape index (κ2) is 9.17. The van der Waals surface area contributed by atoms with Crippen LogP contribution in [0.2, 0.25) is 0 Å². The number of carbonyl (C=O) groups is 1. The minimum atomic E-state index is -1.69. The van der Waals surface area contributed by atoms with E-state index in [0.717, 1.165) is 5.56 Å². The lowest BCUT2D eigenvalue weighted by atomic mass is 9.78. The molecule has 0 amide bonds. The van der Waals surface area contributed by atoms with Crippen molar-refractivity contribution in [2.75, 3.05) is 11.9 Å². The van der Waals surface area contributed by atoms with Gasteiger partial charge in [-0.05, 0) is 37.1 Å². The van der Waals surface area contributed by atoms with Crippen molar-refractivity contribution in [3.8, 4) is 0 Å². The molecule has 0 radical (unpaired) electrons. The van der Waals surface area contributed by atoms with E-state index in [1.54, 1.807) is 26.1 Å². The van der Waals surface area contributed by atoms with Crippen LogP contribution in [0.3, 0.4) is 0 Å². The minimum absolute atomic E-state index is 0.0419. The fourth-order valence-electron chi connectivity index (χ4n) is 3.61. The third kappa shape index (κ3) is 4.85. The summed E-state index contributed by atoms with van der Waals surface area (Å²) in [4.78, 5) is 23.0. The zero-order valence-corrected chi connectivity index (χ0v) is 17.6. The lowest BCUT2D eigenvalue weighted by molar-refractivity contribution is -0.136. The fraction of sp³-hybridized carbons (Fsp3) is 0.381. The quantitative estimate of drug-likeness (QED) is 0.474. The first-order chi connectivity index (χ1) is 14.7. The molecule has 0 bridgehead atoms. The summed E-state index contributed by atoms with van der Waals surface area (Å²) in [6.45, 7) is 5.50. The number of aliphatic hydroxyl groups is 1. The molecule has 9 nitrogen and oxygen atoms in total. The van der Waals surface area contributed by atoms with Gasteiger partial charge in [0.15, 0.2) is 0 Å². The summed E-state index contributed by atoms with van der Waals surface area (Å²) in [6.07, 6.45) is 5.75. The monoisotopic (exact) mass is 428 g/mol. The van der Waals surface area contributed by atoms with Crippen molar-refractivity contribution in [1.82, 2.24) is 24.7 Å². The van der Waals surface area contributed by atoms with Crippen molar-refractivity contribution in [2.45, 2.75) is 45.3 Å². The Bertz CT molecular complexity index is 1060. The average Bonchev–Trinajstić information content (AvgIpc) is 3.22. The molecule has 0 spiro atoms. The first-order valence-electron chi connectivity index (χ1n) is 9.80. The number of carboxylic acids is 1. The van der Waals surface area contributed by atoms with Crippen LogP contribution in [0.5, 0.6) is 0 Å². The van der Waals surface area contributed by atoms with Gasteiger partial charge >= 0.3 is 5.97 Å². The lowest BCUT2D eigenvalue weighted by Gasteiger charge is -2.35. The van der Waals surface area contributed by atoms with E-state index in [1.165, 1.54) is 29.7 Å². The predicted octanol–water partition coefficient (Wildman–Crippen LogP) is 2.40. The Morgan fingerprint density at radius 2 is 2.03 bits per heavy atom. The van der Waals surface area contributed by atoms with Gasteiger partial charge < -0.3 is 15.5 Å². The smallest absolute Gasteiger partial charge is 0.305 e. The summed E-state index contributed by atoms with van der Waals surface area (Å²) < 4.78 is 16.8. The van der Waals surface area contributed by atoms with Crippen LogP contribution in [-0.2, 0) is 16.9 Å². The van der Waals surface area contributed by atoms with Gasteiger partial charge in [0.05, 0.1) is 18.7 Å². The Labute approximate surface area is 179 Å². The topological polar surface area (TPSA) is 126 Å². The van der Waals surface area contributed by atoms with E-state index in [2.05, 4.69) is 25.4 Å². The molecule has 3 aromatic rings. The number of anilines is 1. The number of hydrogen-bond donors (Lipinski definition) is 3. The van der Waals surface area contributed by atoms with E-state index in [9.17, 15) is 9.90 Å². The Morgan fingerprint density at radius 1 is 1.26 bits per heavy atom. The van der Waals surface area contributed by atoms with Gasteiger partial charge in [-0.3, -0.25) is 4.79 Å². The van der Waals surface area contributed by atoms with Gasteiger partial charge in [-0.2, -0.15) is 5.10 Å². The van der Waals surface area contributed by atoms with Crippen molar-refractivity contribution in [1.29, 1.82) is 0 Å². The van der Waals surface area contributed by atoms with E-state index in [0.29, 0.717) is 16.9 Å². The zero-order chi connectivity index (χ0) is 22.6. The van der Waals surface area contributed by atoms with Gasteiger partial charge in [-0.1, -0.05) is 6.92 Å². The molecular weight excluding hydrogens is 403 g/mol. The third-order valence-corrected chi connectivity index (χ3v) is 5.37. The number of aromatic nitrogens is 5. The summed E-state index contributed by atoms with van der Waals surface area (Å²) >= 11 is 0. The highest BCUT2D eigenvalue weighted by Gasteiger charge is 2.41. The molecule has 0 saturated heterocycles. The van der Waals surface area contributed by atoms with Crippen molar-refractivity contribution < 1.29 is 19.4 Å². The van der Waals surface area contributed by atoms with Crippen LogP contribution in [0.25, 0.3) is 0 Å². The normalized spacial score (nSPS) is 14.1. The number of carboxylic acid groups (broad SMARTS) is 1. The lowest BCUT2D eigenvalue weighted by Crippen LogP contribution is -2.39. The van der Waals surface area contributed by atoms with E-state index >= 15 is 4.39 Å². The van der Waals surface area contributed by atoms with Crippen molar-refractivity contribution in [2.24, 2.45) is 0 Å². The number of aliphatic carboxylic acids is 1. The molecule has 0 fully saturated rings. The first-order valence-corrected chi connectivity index (χ1v) is 9.80. The maximum Gasteiger partial charge on any atom is 0.305 e. The second-order valence-electron chi connectivity index (χ2n) is 7.55. The van der Waals surface area contributed by atoms with Gasteiger partial charge in [0.25, 0.3) is 0 Å². The van der Waals surface area contributed by atoms with Crippen LogP contribution >= 0.6 is 0 Å². The molecule has 3 N–H and O–H groups in total. The predicted molar refractivity (Wildman–Crippen MR) is 111 cm³/mol. The SMILES string of the molecule is Cc1cc([C@@](O)(Cn2cncn2)[C@@H](C)c2ncncc2C)c(F)cc1NCCC(=O)O. The van der Waals surface area contributed by atoms with E-state index in [4.69, 9.17) is 5.11 Å². The number of nitrogens with one attached hydrogen (secondary N) is 1. The largest absolute Gasteiger partial charge is 0.481 e. The van der Waals surface area contributed by atoms with Gasteiger partial charge in [-0.25, -0.2) is 24.0 Å². The molecule has 31 heavy (non-hydrogen) atoms. The average molecular weight is 428 g/mol. The van der Waals surface area contributed by atoms with Crippen LogP contribution in [-0.4, -0.2) is 47.5 Å². The van der Waals surface area contributed by atoms with Crippen LogP contribution < -0.4 is 5.32 Å². The van der Waals surface area contributed by atoms with Crippen LogP contribution in [0.4, 0.5) is 10.1 Å². The highest BCUT2D eigenvalue weighted by atomic mass is 19.1. The summed E-state index contributed by atoms with van der Waals surface area (Å²) in [5, 5.41) is 27.7. The Balaban J connectivity index is 2.04. The first kappa shape index (κ1) is 22.3. The number of nitrogens with zero attached hydrogens (tertiary/aromatic N) is 5. The molecular formula is C21H25FN6O3. The number of benzene rings is 1. The molecule has 0 saturated carbocycles. The maximum absolute atomic E-state index is 15.3. The number of aryl methyl sites for hydroxylation is 2. The van der Waals surface area contributed by atoms with Gasteiger partial charge in [0, 0.05) is 29.9 Å². The molecule has 10 heteroatoms. The molecule has 0 aliphatic heterocycles. The molecule has 0 unspecified atom stereocenters. The summed E-state index contributed by atoms with van der Waals surface area (Å²) in [5.41, 5.74) is 0.910. The number of halogens is 1. The van der Waals surface area contributed by atoms with Gasteiger partial charge in [0.1, 0.15) is 30.4 Å². The Hall–Kier alpha value is -3.40. The van der Waals surface area contributed by atoms with Gasteiger partial charge in [0.2, 0.25) is 0 Å². The summed E-state index contributed by atoms with van der Waals surface area (Å²) in [7, 11) is 0. The number of rotatable bonds is 9. The minimum Gasteiger partial charge on any atom is -0.481 e. The van der Waals surface area contributed by atoms with Crippen LogP contribution in [0, 0.1) is 19.7 Å². The van der Waals surface area contributed by atoms with Crippen molar-refractivity contribution in [3.63, 3.8) is 0 Å². The molecule has 2 aromatic heterocycles. The van der Waals surface area contributed by atoms with Crippen molar-refractivity contribution >= 4 is 11.7 Å². The highest BCUT2D eigenvalue weighted by molar-refractivity contribution is 5.67. The van der Waals surface area contributed by atoms with Crippen LogP contribution in [0.15, 0.2) is 37.3 Å². The highest BCUT2D eigenvalue weighted by Crippen LogP contribution is 2.40. The third-order valence-electron chi connectivity index (χ3n) is 5.37.